The van der Waals surface area contributed by atoms with Crippen LogP contribution in [-0.2, 0) is 10.3 Å². The fourth-order valence-corrected chi connectivity index (χ4v) is 2.66. The highest BCUT2D eigenvalue weighted by atomic mass is 35.5. The van der Waals surface area contributed by atoms with E-state index in [-0.39, 0.29) is 18.6 Å². The first-order valence-corrected chi connectivity index (χ1v) is 7.46. The van der Waals surface area contributed by atoms with Gasteiger partial charge in [0.1, 0.15) is 5.60 Å². The quantitative estimate of drug-likeness (QED) is 0.796. The van der Waals surface area contributed by atoms with Crippen molar-refractivity contribution in [2.24, 2.45) is 0 Å². The zero-order valence-electron chi connectivity index (χ0n) is 12.1. The molecule has 5 nitrogen and oxygen atoms in total. The molecular weight excluding hydrogens is 292 g/mol. The van der Waals surface area contributed by atoms with E-state index in [1.54, 1.807) is 31.2 Å². The molecule has 1 saturated heterocycles. The van der Waals surface area contributed by atoms with Gasteiger partial charge < -0.3 is 20.5 Å². The molecule has 1 aliphatic rings. The second-order valence-corrected chi connectivity index (χ2v) is 5.87. The van der Waals surface area contributed by atoms with Crippen molar-refractivity contribution in [3.8, 4) is 0 Å². The molecule has 1 fully saturated rings. The van der Waals surface area contributed by atoms with Gasteiger partial charge in [0, 0.05) is 29.8 Å². The van der Waals surface area contributed by atoms with Gasteiger partial charge in [0.2, 0.25) is 0 Å². The van der Waals surface area contributed by atoms with Crippen molar-refractivity contribution in [3.05, 3.63) is 34.9 Å². The van der Waals surface area contributed by atoms with Crippen LogP contribution in [0.4, 0.5) is 4.79 Å². The summed E-state index contributed by atoms with van der Waals surface area (Å²) in [7, 11) is 0. The van der Waals surface area contributed by atoms with Crippen molar-refractivity contribution in [2.75, 3.05) is 19.8 Å². The summed E-state index contributed by atoms with van der Waals surface area (Å²) in [4.78, 5) is 11.9. The zero-order valence-corrected chi connectivity index (χ0v) is 12.8. The topological polar surface area (TPSA) is 70.6 Å². The number of ether oxygens (including phenoxy) is 1. The molecule has 1 aliphatic heterocycles. The van der Waals surface area contributed by atoms with E-state index in [1.807, 2.05) is 0 Å². The number of hydrogen-bond donors (Lipinski definition) is 3. The van der Waals surface area contributed by atoms with Crippen LogP contribution in [0.3, 0.4) is 0 Å². The molecule has 0 aromatic heterocycles. The SMILES string of the molecule is C[C@@](O)(CNC(=O)NC1CCOCC1)c1ccccc1Cl. The average Bonchev–Trinajstić information content (AvgIpc) is 2.47. The van der Waals surface area contributed by atoms with Gasteiger partial charge in [-0.2, -0.15) is 0 Å². The Bertz CT molecular complexity index is 488. The van der Waals surface area contributed by atoms with Crippen LogP contribution < -0.4 is 10.6 Å². The van der Waals surface area contributed by atoms with Gasteiger partial charge in [0.05, 0.1) is 6.54 Å². The highest BCUT2D eigenvalue weighted by molar-refractivity contribution is 6.31. The van der Waals surface area contributed by atoms with E-state index < -0.39 is 5.60 Å². The highest BCUT2D eigenvalue weighted by Crippen LogP contribution is 2.27. The summed E-state index contributed by atoms with van der Waals surface area (Å²) < 4.78 is 5.24. The van der Waals surface area contributed by atoms with Gasteiger partial charge in [0.15, 0.2) is 0 Å². The first-order chi connectivity index (χ1) is 9.99. The lowest BCUT2D eigenvalue weighted by Crippen LogP contribution is -2.48. The standard InChI is InChI=1S/C15H21ClN2O3/c1-15(20,12-4-2-3-5-13(12)16)10-17-14(19)18-11-6-8-21-9-7-11/h2-5,11,20H,6-10H2,1H3,(H2,17,18,19)/t15-/m1/s1. The van der Waals surface area contributed by atoms with E-state index >= 15 is 0 Å². The van der Waals surface area contributed by atoms with E-state index in [2.05, 4.69) is 10.6 Å². The summed E-state index contributed by atoms with van der Waals surface area (Å²) in [6.07, 6.45) is 1.63. The summed E-state index contributed by atoms with van der Waals surface area (Å²) in [5.41, 5.74) is -0.622. The lowest BCUT2D eigenvalue weighted by atomic mass is 9.96. The molecule has 0 radical (unpaired) electrons. The fourth-order valence-electron chi connectivity index (χ4n) is 2.32. The van der Waals surface area contributed by atoms with Gasteiger partial charge in [-0.25, -0.2) is 4.79 Å². The lowest BCUT2D eigenvalue weighted by molar-refractivity contribution is 0.0580. The van der Waals surface area contributed by atoms with Crippen molar-refractivity contribution in [1.82, 2.24) is 10.6 Å². The minimum atomic E-state index is -1.22. The molecular formula is C15H21ClN2O3. The summed E-state index contributed by atoms with van der Waals surface area (Å²) in [5.74, 6) is 0. The number of urea groups is 1. The summed E-state index contributed by atoms with van der Waals surface area (Å²) >= 11 is 6.08. The van der Waals surface area contributed by atoms with Crippen molar-refractivity contribution >= 4 is 17.6 Å². The Labute approximate surface area is 129 Å². The average molecular weight is 313 g/mol. The van der Waals surface area contributed by atoms with Crippen LogP contribution in [0.1, 0.15) is 25.3 Å². The number of carbonyl (C=O) groups excluding carboxylic acids is 1. The van der Waals surface area contributed by atoms with Crippen LogP contribution in [0, 0.1) is 0 Å². The third-order valence-corrected chi connectivity index (χ3v) is 3.93. The van der Waals surface area contributed by atoms with Crippen LogP contribution in [0.2, 0.25) is 5.02 Å². The molecule has 2 amide bonds. The number of benzene rings is 1. The molecule has 21 heavy (non-hydrogen) atoms. The molecule has 1 aromatic carbocycles. The molecule has 1 aromatic rings. The summed E-state index contributed by atoms with van der Waals surface area (Å²) in [6.45, 7) is 3.05. The second kappa shape index (κ2) is 7.11. The van der Waals surface area contributed by atoms with E-state index in [0.717, 1.165) is 12.8 Å². The number of aliphatic hydroxyl groups is 1. The third-order valence-electron chi connectivity index (χ3n) is 3.60. The van der Waals surface area contributed by atoms with E-state index in [9.17, 15) is 9.90 Å². The molecule has 0 bridgehead atoms. The maximum absolute atomic E-state index is 11.9. The normalized spacial score (nSPS) is 18.8. The Morgan fingerprint density at radius 1 is 1.43 bits per heavy atom. The Kier molecular flexibility index (Phi) is 5.45. The van der Waals surface area contributed by atoms with Crippen LogP contribution in [0.25, 0.3) is 0 Å². The number of carbonyl (C=O) groups is 1. The molecule has 1 heterocycles. The monoisotopic (exact) mass is 312 g/mol. The Morgan fingerprint density at radius 2 is 2.10 bits per heavy atom. The predicted octanol–water partition coefficient (Wildman–Crippen LogP) is 2.03. The second-order valence-electron chi connectivity index (χ2n) is 5.47. The van der Waals surface area contributed by atoms with Crippen molar-refractivity contribution in [1.29, 1.82) is 0 Å². The highest BCUT2D eigenvalue weighted by Gasteiger charge is 2.26. The van der Waals surface area contributed by atoms with Crippen LogP contribution in [0.15, 0.2) is 24.3 Å². The molecule has 2 rings (SSSR count). The van der Waals surface area contributed by atoms with Crippen LogP contribution >= 0.6 is 11.6 Å². The maximum Gasteiger partial charge on any atom is 0.315 e. The van der Waals surface area contributed by atoms with Gasteiger partial charge in [0.25, 0.3) is 0 Å². The number of hydrogen-bond acceptors (Lipinski definition) is 3. The molecule has 0 aliphatic carbocycles. The van der Waals surface area contributed by atoms with Gasteiger partial charge in [-0.3, -0.25) is 0 Å². The minimum absolute atomic E-state index is 0.0891. The van der Waals surface area contributed by atoms with Crippen molar-refractivity contribution in [2.45, 2.75) is 31.4 Å². The van der Waals surface area contributed by atoms with Gasteiger partial charge in [-0.05, 0) is 25.8 Å². The number of nitrogens with one attached hydrogen (secondary N) is 2. The van der Waals surface area contributed by atoms with Crippen LogP contribution in [0.5, 0.6) is 0 Å². The number of rotatable bonds is 4. The largest absolute Gasteiger partial charge is 0.384 e. The predicted molar refractivity (Wildman–Crippen MR) is 81.4 cm³/mol. The third kappa shape index (κ3) is 4.59. The first kappa shape index (κ1) is 16.1. The molecule has 0 spiro atoms. The Hall–Kier alpha value is -1.30. The molecule has 1 atom stereocenters. The number of halogens is 1. The smallest absolute Gasteiger partial charge is 0.315 e. The van der Waals surface area contributed by atoms with E-state index in [1.165, 1.54) is 0 Å². The molecule has 3 N–H and O–H groups in total. The Morgan fingerprint density at radius 3 is 2.76 bits per heavy atom. The molecule has 6 heteroatoms. The summed E-state index contributed by atoms with van der Waals surface area (Å²) in [5, 5.41) is 16.5. The molecule has 116 valence electrons. The fraction of sp³-hybridized carbons (Fsp3) is 0.533. The zero-order chi connectivity index (χ0) is 15.3. The lowest BCUT2D eigenvalue weighted by Gasteiger charge is -2.27. The number of amides is 2. The molecule has 0 saturated carbocycles. The van der Waals surface area contributed by atoms with Crippen molar-refractivity contribution < 1.29 is 14.6 Å². The first-order valence-electron chi connectivity index (χ1n) is 7.08. The maximum atomic E-state index is 11.9. The van der Waals surface area contributed by atoms with Gasteiger partial charge in [-0.1, -0.05) is 29.8 Å². The van der Waals surface area contributed by atoms with Gasteiger partial charge in [-0.15, -0.1) is 0 Å². The van der Waals surface area contributed by atoms with Crippen LogP contribution in [-0.4, -0.2) is 36.9 Å². The van der Waals surface area contributed by atoms with E-state index in [0.29, 0.717) is 23.8 Å². The van der Waals surface area contributed by atoms with Gasteiger partial charge >= 0.3 is 6.03 Å². The van der Waals surface area contributed by atoms with Crippen molar-refractivity contribution in [3.63, 3.8) is 0 Å². The molecule has 0 unspecified atom stereocenters. The minimum Gasteiger partial charge on any atom is -0.384 e. The summed E-state index contributed by atoms with van der Waals surface area (Å²) in [6, 6.07) is 6.91. The van der Waals surface area contributed by atoms with E-state index in [4.69, 9.17) is 16.3 Å². The Balaban J connectivity index is 1.86.